The second-order valence-corrected chi connectivity index (χ2v) is 6.10. The molecule has 13 heteroatoms. The van der Waals surface area contributed by atoms with Gasteiger partial charge in [-0.3, -0.25) is 19.3 Å². The number of carbonyl (C=O) groups excluding carboxylic acids is 3. The second kappa shape index (κ2) is 9.07. The van der Waals surface area contributed by atoms with E-state index in [4.69, 9.17) is 4.74 Å². The summed E-state index contributed by atoms with van der Waals surface area (Å²) in [6.45, 7) is 1.40. The fourth-order valence-corrected chi connectivity index (χ4v) is 2.67. The van der Waals surface area contributed by atoms with Crippen LogP contribution in [0.2, 0.25) is 0 Å². The fourth-order valence-electron chi connectivity index (χ4n) is 2.67. The number of hydrogen-bond donors (Lipinski definition) is 1. The van der Waals surface area contributed by atoms with E-state index in [9.17, 15) is 37.5 Å². The first-order valence-electron chi connectivity index (χ1n) is 8.45. The Morgan fingerprint density at radius 1 is 1.23 bits per heavy atom. The average Bonchev–Trinajstić information content (AvgIpc) is 2.63. The number of ether oxygens (including phenoxy) is 3. The molecule has 2 rings (SSSR count). The van der Waals surface area contributed by atoms with Crippen LogP contribution in [0.4, 0.5) is 19.0 Å². The number of aliphatic carboxylic acids is 1. The number of nitrogens with zero attached hydrogens (tertiary/aromatic N) is 2. The number of amides is 1. The van der Waals surface area contributed by atoms with E-state index in [1.165, 1.54) is 12.1 Å². The van der Waals surface area contributed by atoms with E-state index in [2.05, 4.69) is 14.5 Å². The van der Waals surface area contributed by atoms with Crippen LogP contribution in [0.3, 0.4) is 0 Å². The van der Waals surface area contributed by atoms with Crippen LogP contribution < -0.4 is 4.90 Å². The van der Waals surface area contributed by atoms with Crippen LogP contribution in [0, 0.1) is 0 Å². The normalized spacial score (nSPS) is 19.0. The van der Waals surface area contributed by atoms with E-state index in [1.54, 1.807) is 0 Å². The molecule has 0 bridgehead atoms. The highest BCUT2D eigenvalue weighted by Gasteiger charge is 2.46. The fraction of sp³-hybridized carbons (Fsp3) is 0.471. The lowest BCUT2D eigenvalue weighted by atomic mass is 10.1. The van der Waals surface area contributed by atoms with Crippen molar-refractivity contribution in [1.82, 2.24) is 4.98 Å². The lowest BCUT2D eigenvalue weighted by Crippen LogP contribution is -2.55. The number of carboxylic acids is 1. The summed E-state index contributed by atoms with van der Waals surface area (Å²) in [6.07, 6.45) is -11.3. The molecule has 164 valence electrons. The SMILES string of the molecule is CC(=O)OC(c1cccc(N2CCO[C@H]([C@@H](OC(C)=O)C(=O)O)C2=O)n1)C(F)(F)F. The summed E-state index contributed by atoms with van der Waals surface area (Å²) >= 11 is 0. The maximum absolute atomic E-state index is 13.3. The van der Waals surface area contributed by atoms with Crippen molar-refractivity contribution < 1.29 is 51.7 Å². The first-order chi connectivity index (χ1) is 13.9. The quantitative estimate of drug-likeness (QED) is 0.651. The number of carboxylic acid groups (broad SMARTS) is 1. The maximum atomic E-state index is 13.3. The van der Waals surface area contributed by atoms with Crippen molar-refractivity contribution in [3.05, 3.63) is 23.9 Å². The number of pyridine rings is 1. The zero-order chi connectivity index (χ0) is 22.6. The highest BCUT2D eigenvalue weighted by Crippen LogP contribution is 2.36. The van der Waals surface area contributed by atoms with Gasteiger partial charge in [0.15, 0.2) is 6.10 Å². The van der Waals surface area contributed by atoms with Crippen LogP contribution in [0.15, 0.2) is 18.2 Å². The number of rotatable bonds is 6. The highest BCUT2D eigenvalue weighted by molar-refractivity contribution is 6.00. The molecule has 0 spiro atoms. The Morgan fingerprint density at radius 2 is 1.87 bits per heavy atom. The van der Waals surface area contributed by atoms with Crippen molar-refractivity contribution in [3.8, 4) is 0 Å². The van der Waals surface area contributed by atoms with E-state index >= 15 is 0 Å². The van der Waals surface area contributed by atoms with Gasteiger partial charge in [0.25, 0.3) is 5.91 Å². The Hall–Kier alpha value is -3.22. The van der Waals surface area contributed by atoms with Crippen molar-refractivity contribution in [1.29, 1.82) is 0 Å². The van der Waals surface area contributed by atoms with Crippen LogP contribution in [-0.2, 0) is 33.4 Å². The van der Waals surface area contributed by atoms with Gasteiger partial charge >= 0.3 is 24.1 Å². The number of anilines is 1. The number of halogens is 3. The minimum atomic E-state index is -4.96. The van der Waals surface area contributed by atoms with Gasteiger partial charge in [-0.15, -0.1) is 0 Å². The molecule has 1 unspecified atom stereocenters. The van der Waals surface area contributed by atoms with Crippen molar-refractivity contribution in [2.45, 2.75) is 38.3 Å². The summed E-state index contributed by atoms with van der Waals surface area (Å²) in [6, 6.07) is 3.34. The third-order valence-corrected chi connectivity index (χ3v) is 3.82. The number of aromatic nitrogens is 1. The first kappa shape index (κ1) is 23.1. The van der Waals surface area contributed by atoms with Crippen LogP contribution in [0.25, 0.3) is 0 Å². The Bertz CT molecular complexity index is 845. The van der Waals surface area contributed by atoms with Gasteiger partial charge in [0, 0.05) is 13.8 Å². The van der Waals surface area contributed by atoms with Gasteiger partial charge in [-0.2, -0.15) is 13.2 Å². The lowest BCUT2D eigenvalue weighted by molar-refractivity contribution is -0.223. The average molecular weight is 434 g/mol. The molecule has 0 radical (unpaired) electrons. The van der Waals surface area contributed by atoms with Gasteiger partial charge in [0.05, 0.1) is 18.8 Å². The highest BCUT2D eigenvalue weighted by atomic mass is 19.4. The molecule has 30 heavy (non-hydrogen) atoms. The topological polar surface area (TPSA) is 132 Å². The largest absolute Gasteiger partial charge is 0.478 e. The Labute approximate surface area is 167 Å². The predicted molar refractivity (Wildman–Crippen MR) is 90.1 cm³/mol. The van der Waals surface area contributed by atoms with E-state index in [0.717, 1.165) is 24.8 Å². The van der Waals surface area contributed by atoms with Crippen molar-refractivity contribution >= 4 is 29.6 Å². The number of morpholine rings is 1. The number of carbonyl (C=O) groups is 4. The van der Waals surface area contributed by atoms with Crippen molar-refractivity contribution in [3.63, 3.8) is 0 Å². The molecule has 0 saturated carbocycles. The second-order valence-electron chi connectivity index (χ2n) is 6.10. The van der Waals surface area contributed by atoms with E-state index in [1.807, 2.05) is 0 Å². The van der Waals surface area contributed by atoms with Gasteiger partial charge in [0.2, 0.25) is 12.2 Å². The van der Waals surface area contributed by atoms with Gasteiger partial charge < -0.3 is 19.3 Å². The summed E-state index contributed by atoms with van der Waals surface area (Å²) in [7, 11) is 0. The maximum Gasteiger partial charge on any atom is 0.431 e. The zero-order valence-electron chi connectivity index (χ0n) is 15.7. The lowest BCUT2D eigenvalue weighted by Gasteiger charge is -2.34. The third kappa shape index (κ3) is 5.43. The zero-order valence-corrected chi connectivity index (χ0v) is 15.7. The summed E-state index contributed by atoms with van der Waals surface area (Å²) in [5.41, 5.74) is -0.680. The monoisotopic (exact) mass is 434 g/mol. The molecule has 3 atom stereocenters. The minimum absolute atomic E-state index is 0.150. The summed E-state index contributed by atoms with van der Waals surface area (Å²) in [4.78, 5) is 50.9. The summed E-state index contributed by atoms with van der Waals surface area (Å²) in [5.74, 6) is -5.02. The van der Waals surface area contributed by atoms with Gasteiger partial charge in [0.1, 0.15) is 5.82 Å². The smallest absolute Gasteiger partial charge is 0.431 e. The van der Waals surface area contributed by atoms with Crippen molar-refractivity contribution in [2.75, 3.05) is 18.1 Å². The summed E-state index contributed by atoms with van der Waals surface area (Å²) in [5, 5.41) is 9.22. The molecule has 1 aromatic rings. The van der Waals surface area contributed by atoms with Crippen LogP contribution >= 0.6 is 0 Å². The van der Waals surface area contributed by atoms with Crippen LogP contribution in [0.1, 0.15) is 25.6 Å². The molecule has 0 aliphatic carbocycles. The third-order valence-electron chi connectivity index (χ3n) is 3.82. The van der Waals surface area contributed by atoms with Gasteiger partial charge in [-0.1, -0.05) is 6.07 Å². The predicted octanol–water partition coefficient (Wildman–Crippen LogP) is 0.996. The first-order valence-corrected chi connectivity index (χ1v) is 8.45. The van der Waals surface area contributed by atoms with Gasteiger partial charge in [-0.25, -0.2) is 9.78 Å². The molecule has 1 fully saturated rings. The molecule has 1 aliphatic rings. The standard InChI is InChI=1S/C17H17F3N2O8/c1-8(23)29-13(16(26)27)12-15(25)22(6-7-28-12)11-5-3-4-10(21-11)14(17(18,19)20)30-9(2)24/h3-5,12-14H,6-7H2,1-2H3,(H,26,27)/t12-,13-,14?/m1/s1. The van der Waals surface area contributed by atoms with Crippen molar-refractivity contribution in [2.24, 2.45) is 0 Å². The number of esters is 2. The van der Waals surface area contributed by atoms with Crippen LogP contribution in [-0.4, -0.2) is 65.4 Å². The van der Waals surface area contributed by atoms with E-state index in [-0.39, 0.29) is 19.0 Å². The minimum Gasteiger partial charge on any atom is -0.478 e. The van der Waals surface area contributed by atoms with E-state index in [0.29, 0.717) is 0 Å². The summed E-state index contributed by atoms with van der Waals surface area (Å²) < 4.78 is 53.8. The number of alkyl halides is 3. The number of hydrogen-bond acceptors (Lipinski definition) is 8. The molecule has 1 amide bonds. The Kier molecular flexibility index (Phi) is 6.97. The molecule has 1 aliphatic heterocycles. The molecule has 1 saturated heterocycles. The molecular formula is C17H17F3N2O8. The molecule has 1 N–H and O–H groups in total. The Morgan fingerprint density at radius 3 is 2.40 bits per heavy atom. The Balaban J connectivity index is 2.36. The van der Waals surface area contributed by atoms with E-state index < -0.39 is 54.0 Å². The molecular weight excluding hydrogens is 417 g/mol. The molecule has 10 nitrogen and oxygen atoms in total. The van der Waals surface area contributed by atoms with Gasteiger partial charge in [-0.05, 0) is 12.1 Å². The molecule has 2 heterocycles. The van der Waals surface area contributed by atoms with Crippen LogP contribution in [0.5, 0.6) is 0 Å². The molecule has 0 aromatic carbocycles. The molecule has 1 aromatic heterocycles.